The third-order valence-corrected chi connectivity index (χ3v) is 13.7. The summed E-state index contributed by atoms with van der Waals surface area (Å²) >= 11 is 0. The van der Waals surface area contributed by atoms with Gasteiger partial charge in [-0.3, -0.25) is 9.10 Å². The number of nitrogens with zero attached hydrogens (tertiary/aromatic N) is 2. The van der Waals surface area contributed by atoms with Crippen molar-refractivity contribution >= 4 is 27.5 Å². The highest BCUT2D eigenvalue weighted by Gasteiger charge is 2.50. The number of likely N-dealkylation sites (N-methyl/N-ethyl adjacent to an activating group) is 1. The van der Waals surface area contributed by atoms with Crippen molar-refractivity contribution in [3.8, 4) is 0 Å². The second-order valence-electron chi connectivity index (χ2n) is 16.3. The monoisotopic (exact) mass is 751 g/mol. The van der Waals surface area contributed by atoms with Crippen LogP contribution in [0.5, 0.6) is 0 Å². The van der Waals surface area contributed by atoms with Gasteiger partial charge in [0.15, 0.2) is 17.3 Å². The average Bonchev–Trinajstić information content (AvgIpc) is 3.66. The first-order chi connectivity index (χ1) is 24.8. The maximum Gasteiger partial charge on any atom is 0.278 e. The van der Waals surface area contributed by atoms with Crippen LogP contribution in [0.15, 0.2) is 80.9 Å². The fraction of sp³-hybridized carbons (Fsp3) is 0.561. The molecule has 2 aromatic rings. The zero-order valence-electron chi connectivity index (χ0n) is 31.9. The van der Waals surface area contributed by atoms with Crippen LogP contribution in [0, 0.1) is 30.1 Å². The molecule has 1 amide bonds. The summed E-state index contributed by atoms with van der Waals surface area (Å²) in [5, 5.41) is 46.5. The van der Waals surface area contributed by atoms with Crippen LogP contribution in [0.25, 0.3) is 5.76 Å². The molecule has 5 N–H and O–H groups in total. The summed E-state index contributed by atoms with van der Waals surface area (Å²) < 4.78 is 30.5. The van der Waals surface area contributed by atoms with E-state index in [1.165, 1.54) is 63.8 Å². The van der Waals surface area contributed by atoms with Crippen molar-refractivity contribution in [1.29, 1.82) is 0 Å². The normalized spacial score (nSPS) is 29.0. The maximum absolute atomic E-state index is 12.5. The average molecular weight is 752 g/mol. The number of hydrogen-bond acceptors (Lipinski definition) is 9. The Balaban J connectivity index is 0.000000211. The van der Waals surface area contributed by atoms with Crippen molar-refractivity contribution in [2.24, 2.45) is 23.2 Å². The van der Waals surface area contributed by atoms with E-state index in [-0.39, 0.29) is 22.0 Å². The minimum atomic E-state index is -3.92. The zero-order valence-corrected chi connectivity index (χ0v) is 32.7. The number of aromatic nitrogens is 1. The Labute approximate surface area is 314 Å². The Morgan fingerprint density at radius 1 is 1.23 bits per heavy atom. The number of rotatable bonds is 8. The molecule has 4 aliphatic rings. The largest absolute Gasteiger partial charge is 0.505 e. The molecule has 1 aromatic carbocycles. The van der Waals surface area contributed by atoms with Crippen molar-refractivity contribution in [1.82, 2.24) is 9.46 Å². The Kier molecular flexibility index (Phi) is 12.2. The van der Waals surface area contributed by atoms with Crippen LogP contribution >= 0.6 is 0 Å². The first kappa shape index (κ1) is 40.5. The molecular weight excluding hydrogens is 695 g/mol. The van der Waals surface area contributed by atoms with Gasteiger partial charge in [-0.1, -0.05) is 68.3 Å². The number of nitrogens with one attached hydrogen (secondary N) is 1. The maximum atomic E-state index is 12.5. The molecule has 3 aliphatic carbocycles. The molecule has 0 radical (unpaired) electrons. The van der Waals surface area contributed by atoms with Crippen molar-refractivity contribution < 1.29 is 38.2 Å². The lowest BCUT2D eigenvalue weighted by atomic mass is 9.60. The minimum absolute atomic E-state index is 0.0613. The molecule has 290 valence electrons. The quantitative estimate of drug-likeness (QED) is 0.187. The number of fused-ring (bicyclic) bond motifs is 2. The first-order valence-electron chi connectivity index (χ1n) is 18.8. The summed E-state index contributed by atoms with van der Waals surface area (Å²) in [5.74, 6) is 1.48. The van der Waals surface area contributed by atoms with Gasteiger partial charge in [0.05, 0.1) is 22.7 Å². The highest BCUT2D eigenvalue weighted by Crippen LogP contribution is 2.60. The van der Waals surface area contributed by atoms with Gasteiger partial charge in [-0.05, 0) is 112 Å². The fourth-order valence-electron chi connectivity index (χ4n) is 9.02. The molecule has 0 bridgehead atoms. The second kappa shape index (κ2) is 15.9. The van der Waals surface area contributed by atoms with Gasteiger partial charge in [0, 0.05) is 25.1 Å². The van der Waals surface area contributed by atoms with Crippen LogP contribution in [0.3, 0.4) is 0 Å². The van der Waals surface area contributed by atoms with Gasteiger partial charge in [0.25, 0.3) is 15.9 Å². The summed E-state index contributed by atoms with van der Waals surface area (Å²) in [6, 6.07) is 7.39. The van der Waals surface area contributed by atoms with Gasteiger partial charge in [-0.25, -0.2) is 8.42 Å². The lowest BCUT2D eigenvalue weighted by Crippen LogP contribution is -2.37. The van der Waals surface area contributed by atoms with Gasteiger partial charge in [0.2, 0.25) is 0 Å². The highest BCUT2D eigenvalue weighted by atomic mass is 32.2. The van der Waals surface area contributed by atoms with Crippen molar-refractivity contribution in [2.45, 2.75) is 122 Å². The van der Waals surface area contributed by atoms with Gasteiger partial charge >= 0.3 is 0 Å². The van der Waals surface area contributed by atoms with E-state index in [1.807, 2.05) is 13.8 Å². The molecular formula is C41H57N3O8S. The number of amides is 1. The number of hydrogen-bond donors (Lipinski definition) is 5. The number of aliphatic hydroxyl groups is 4. The third kappa shape index (κ3) is 8.82. The third-order valence-electron chi connectivity index (χ3n) is 11.8. The number of benzene rings is 1. The Morgan fingerprint density at radius 2 is 1.94 bits per heavy atom. The molecule has 3 saturated carbocycles. The van der Waals surface area contributed by atoms with Crippen LogP contribution in [-0.2, 0) is 14.8 Å². The van der Waals surface area contributed by atoms with Crippen molar-refractivity contribution in [2.75, 3.05) is 12.4 Å². The van der Waals surface area contributed by atoms with Crippen LogP contribution in [-0.4, -0.2) is 69.1 Å². The van der Waals surface area contributed by atoms with E-state index in [1.54, 1.807) is 24.6 Å². The zero-order chi connectivity index (χ0) is 38.9. The van der Waals surface area contributed by atoms with Crippen LogP contribution in [0.1, 0.15) is 103 Å². The standard InChI is InChI=1S/C27H44O3.C14H13N3O5S/c1-18(8-6-14-26(3,4)30)23-12-13-24-20(9-7-15-27(23,24)5)10-11-21-16-22(28)17-25(29)19(21)2;1-8-7-11(16-22-8)15-14(19)12-13(18)9-5-3-4-6-10(9)23(20,21)17(12)2/h10-11,18,22-25,28-30H,2,6-9,12-17H2,1,3-5H3;3-7,18H,1-2H3,(H,15,16,19)/b20-10+,21-11-;/t18-,22-,23-,24+,25+,27-;/m1./s1. The van der Waals surface area contributed by atoms with Crippen LogP contribution in [0.4, 0.5) is 5.82 Å². The number of carbonyl (C=O) groups is 1. The van der Waals surface area contributed by atoms with Crippen LogP contribution in [0.2, 0.25) is 0 Å². The number of sulfonamides is 1. The Hall–Kier alpha value is -3.71. The molecule has 3 fully saturated rings. The van der Waals surface area contributed by atoms with Crippen LogP contribution < -0.4 is 5.32 Å². The Morgan fingerprint density at radius 3 is 2.62 bits per heavy atom. The summed E-state index contributed by atoms with van der Waals surface area (Å²) in [6.07, 6.45) is 13.9. The molecule has 11 nitrogen and oxygen atoms in total. The van der Waals surface area contributed by atoms with Gasteiger partial charge < -0.3 is 30.3 Å². The Bertz CT molecular complexity index is 1890. The molecule has 12 heteroatoms. The molecule has 6 atom stereocenters. The molecule has 0 saturated heterocycles. The smallest absolute Gasteiger partial charge is 0.278 e. The van der Waals surface area contributed by atoms with Gasteiger partial charge in [0.1, 0.15) is 5.76 Å². The summed E-state index contributed by atoms with van der Waals surface area (Å²) in [5.41, 5.74) is 2.86. The number of allylic oxidation sites excluding steroid dienone is 3. The van der Waals surface area contributed by atoms with E-state index in [4.69, 9.17) is 4.52 Å². The van der Waals surface area contributed by atoms with Crippen molar-refractivity contribution in [3.05, 3.63) is 82.8 Å². The molecule has 53 heavy (non-hydrogen) atoms. The molecule has 2 heterocycles. The first-order valence-corrected chi connectivity index (χ1v) is 20.2. The lowest BCUT2D eigenvalue weighted by molar-refractivity contribution is -0.113. The highest BCUT2D eigenvalue weighted by molar-refractivity contribution is 7.89. The predicted molar refractivity (Wildman–Crippen MR) is 205 cm³/mol. The van der Waals surface area contributed by atoms with E-state index in [9.17, 15) is 33.6 Å². The SMILES string of the molecule is C=C1/C(=C\C=C2/CCC[C@]3(C)[C@@H]([C@H](C)CCCC(C)(C)O)CC[C@@H]23)C[C@@H](O)C[C@@H]1O.Cc1cc(NC(=O)C2=C(O)c3ccccc3S(=O)(=O)N2C)no1. The number of aliphatic hydroxyl groups excluding tert-OH is 3. The van der Waals surface area contributed by atoms with E-state index in [0.717, 1.165) is 34.2 Å². The van der Waals surface area contributed by atoms with E-state index < -0.39 is 39.5 Å². The molecule has 1 aromatic heterocycles. The van der Waals surface area contributed by atoms with E-state index in [0.29, 0.717) is 35.9 Å². The predicted octanol–water partition coefficient (Wildman–Crippen LogP) is 7.19. The van der Waals surface area contributed by atoms with Crippen molar-refractivity contribution in [3.63, 3.8) is 0 Å². The summed E-state index contributed by atoms with van der Waals surface area (Å²) in [4.78, 5) is 12.3. The van der Waals surface area contributed by atoms with Gasteiger partial charge in [-0.2, -0.15) is 0 Å². The summed E-state index contributed by atoms with van der Waals surface area (Å²) in [6.45, 7) is 14.5. The lowest BCUT2D eigenvalue weighted by Gasteiger charge is -2.44. The number of aryl methyl sites for hydroxylation is 1. The van der Waals surface area contributed by atoms with E-state index in [2.05, 4.69) is 43.1 Å². The number of anilines is 1. The number of carbonyl (C=O) groups excluding carboxylic acids is 1. The second-order valence-corrected chi connectivity index (χ2v) is 18.2. The summed E-state index contributed by atoms with van der Waals surface area (Å²) in [7, 11) is -2.73. The molecule has 0 unspecified atom stereocenters. The van der Waals surface area contributed by atoms with Gasteiger partial charge in [-0.15, -0.1) is 0 Å². The fourth-order valence-corrected chi connectivity index (χ4v) is 10.4. The van der Waals surface area contributed by atoms with E-state index >= 15 is 0 Å². The molecule has 6 rings (SSSR count). The molecule has 1 aliphatic heterocycles. The minimum Gasteiger partial charge on any atom is -0.505 e. The molecule has 0 spiro atoms. The topological polar surface area (TPSA) is 173 Å².